The van der Waals surface area contributed by atoms with E-state index >= 15 is 0 Å². The summed E-state index contributed by atoms with van der Waals surface area (Å²) in [6, 6.07) is 7.10. The number of ether oxygens (including phenoxy) is 1. The Hall–Kier alpha value is -0.770. The molecule has 2 N–H and O–H groups in total. The molecule has 0 saturated heterocycles. The lowest BCUT2D eigenvalue weighted by Gasteiger charge is -2.14. The Morgan fingerprint density at radius 1 is 1.43 bits per heavy atom. The van der Waals surface area contributed by atoms with Gasteiger partial charge in [-0.2, -0.15) is 0 Å². The van der Waals surface area contributed by atoms with Crippen LogP contribution in [-0.4, -0.2) is 31.4 Å². The summed E-state index contributed by atoms with van der Waals surface area (Å²) in [6.07, 6.45) is 0. The van der Waals surface area contributed by atoms with Crippen molar-refractivity contribution in [3.05, 3.63) is 29.3 Å². The van der Waals surface area contributed by atoms with Gasteiger partial charge in [-0.05, 0) is 31.3 Å². The van der Waals surface area contributed by atoms with Crippen LogP contribution in [0.25, 0.3) is 0 Å². The Morgan fingerprint density at radius 2 is 2.07 bits per heavy atom. The Morgan fingerprint density at radius 3 is 2.57 bits per heavy atom. The van der Waals surface area contributed by atoms with Gasteiger partial charge in [0.25, 0.3) is 0 Å². The molecule has 0 aliphatic rings. The van der Waals surface area contributed by atoms with Crippen LogP contribution in [0.5, 0.6) is 5.75 Å². The minimum Gasteiger partial charge on any atom is -0.492 e. The highest BCUT2D eigenvalue weighted by Crippen LogP contribution is 2.15. The Kier molecular flexibility index (Phi) is 4.73. The van der Waals surface area contributed by atoms with Crippen LogP contribution in [0.15, 0.2) is 24.3 Å². The first-order valence-corrected chi connectivity index (χ1v) is 4.80. The highest BCUT2D eigenvalue weighted by atomic mass is 35.5. The second kappa shape index (κ2) is 5.86. The third-order valence-corrected chi connectivity index (χ3v) is 2.15. The second-order valence-corrected chi connectivity index (χ2v) is 3.37. The maximum atomic E-state index is 8.88. The maximum Gasteiger partial charge on any atom is 0.119 e. The Labute approximate surface area is 88.7 Å². The van der Waals surface area contributed by atoms with Gasteiger partial charge in [0, 0.05) is 5.02 Å². The monoisotopic (exact) mass is 215 g/mol. The molecule has 0 heterocycles. The van der Waals surface area contributed by atoms with E-state index in [9.17, 15) is 0 Å². The lowest BCUT2D eigenvalue weighted by Crippen LogP contribution is -2.34. The van der Waals surface area contributed by atoms with Gasteiger partial charge in [0.1, 0.15) is 12.4 Å². The van der Waals surface area contributed by atoms with Crippen LogP contribution in [0.4, 0.5) is 0 Å². The van der Waals surface area contributed by atoms with Gasteiger partial charge in [0.2, 0.25) is 0 Å². The summed E-state index contributed by atoms with van der Waals surface area (Å²) in [7, 11) is 1.78. The Bertz CT molecular complexity index is 259. The van der Waals surface area contributed by atoms with Gasteiger partial charge in [-0.3, -0.25) is 0 Å². The molecule has 1 rings (SSSR count). The maximum absolute atomic E-state index is 8.88. The zero-order valence-electron chi connectivity index (χ0n) is 8.03. The van der Waals surface area contributed by atoms with E-state index in [1.54, 1.807) is 31.3 Å². The molecule has 0 aliphatic carbocycles. The van der Waals surface area contributed by atoms with Crippen LogP contribution in [0.2, 0.25) is 5.02 Å². The number of nitrogens with one attached hydrogen (secondary N) is 1. The SMILES string of the molecule is CNC(CO)COc1ccc(Cl)cc1. The number of rotatable bonds is 5. The molecule has 0 spiro atoms. The normalized spacial score (nSPS) is 12.5. The molecule has 14 heavy (non-hydrogen) atoms. The Balaban J connectivity index is 2.41. The van der Waals surface area contributed by atoms with Gasteiger partial charge in [-0.1, -0.05) is 11.6 Å². The van der Waals surface area contributed by atoms with E-state index in [0.717, 1.165) is 5.75 Å². The third-order valence-electron chi connectivity index (χ3n) is 1.89. The van der Waals surface area contributed by atoms with Crippen LogP contribution in [0.1, 0.15) is 0 Å². The lowest BCUT2D eigenvalue weighted by molar-refractivity contribution is 0.189. The van der Waals surface area contributed by atoms with Crippen molar-refractivity contribution in [3.63, 3.8) is 0 Å². The van der Waals surface area contributed by atoms with Crippen molar-refractivity contribution in [2.45, 2.75) is 6.04 Å². The summed E-state index contributed by atoms with van der Waals surface area (Å²) in [5.74, 6) is 0.753. The summed E-state index contributed by atoms with van der Waals surface area (Å²) in [5.41, 5.74) is 0. The molecule has 4 heteroatoms. The van der Waals surface area contributed by atoms with E-state index in [1.165, 1.54) is 0 Å². The minimum absolute atomic E-state index is 0.0364. The predicted molar refractivity (Wildman–Crippen MR) is 56.9 cm³/mol. The zero-order chi connectivity index (χ0) is 10.4. The fourth-order valence-corrected chi connectivity index (χ4v) is 1.08. The highest BCUT2D eigenvalue weighted by Gasteiger charge is 2.04. The van der Waals surface area contributed by atoms with E-state index in [2.05, 4.69) is 5.32 Å². The second-order valence-electron chi connectivity index (χ2n) is 2.93. The summed E-state index contributed by atoms with van der Waals surface area (Å²) in [6.45, 7) is 0.499. The van der Waals surface area contributed by atoms with E-state index in [1.807, 2.05) is 0 Å². The number of benzene rings is 1. The van der Waals surface area contributed by atoms with Gasteiger partial charge in [-0.25, -0.2) is 0 Å². The number of likely N-dealkylation sites (N-methyl/N-ethyl adjacent to an activating group) is 1. The fraction of sp³-hybridized carbons (Fsp3) is 0.400. The van der Waals surface area contributed by atoms with Gasteiger partial charge in [-0.15, -0.1) is 0 Å². The number of aliphatic hydroxyl groups is 1. The predicted octanol–water partition coefficient (Wildman–Crippen LogP) is 1.30. The topological polar surface area (TPSA) is 41.5 Å². The molecule has 0 aliphatic heterocycles. The molecule has 1 unspecified atom stereocenters. The lowest BCUT2D eigenvalue weighted by atomic mass is 10.3. The van der Waals surface area contributed by atoms with Crippen LogP contribution >= 0.6 is 11.6 Å². The number of halogens is 1. The van der Waals surface area contributed by atoms with E-state index in [-0.39, 0.29) is 12.6 Å². The highest BCUT2D eigenvalue weighted by molar-refractivity contribution is 6.30. The largest absolute Gasteiger partial charge is 0.492 e. The summed E-state index contributed by atoms with van der Waals surface area (Å²) in [4.78, 5) is 0. The zero-order valence-corrected chi connectivity index (χ0v) is 8.79. The van der Waals surface area contributed by atoms with Gasteiger partial charge in [0.05, 0.1) is 12.6 Å². The molecule has 78 valence electrons. The van der Waals surface area contributed by atoms with Crippen molar-refractivity contribution in [2.75, 3.05) is 20.3 Å². The standard InChI is InChI=1S/C10H14ClNO2/c1-12-9(6-13)7-14-10-4-2-8(11)3-5-10/h2-5,9,12-13H,6-7H2,1H3. The first kappa shape index (κ1) is 11.3. The van der Waals surface area contributed by atoms with Crippen LogP contribution < -0.4 is 10.1 Å². The third kappa shape index (κ3) is 3.54. The van der Waals surface area contributed by atoms with Crippen molar-refractivity contribution in [1.82, 2.24) is 5.32 Å². The van der Waals surface area contributed by atoms with Crippen molar-refractivity contribution < 1.29 is 9.84 Å². The molecule has 0 amide bonds. The van der Waals surface area contributed by atoms with Crippen molar-refractivity contribution in [2.24, 2.45) is 0 Å². The smallest absolute Gasteiger partial charge is 0.119 e. The first-order valence-electron chi connectivity index (χ1n) is 4.42. The average molecular weight is 216 g/mol. The van der Waals surface area contributed by atoms with E-state index in [4.69, 9.17) is 21.4 Å². The number of hydrogen-bond acceptors (Lipinski definition) is 3. The molecule has 0 radical (unpaired) electrons. The molecular formula is C10H14ClNO2. The molecule has 0 saturated carbocycles. The summed E-state index contributed by atoms with van der Waals surface area (Å²) in [5, 5.41) is 12.5. The van der Waals surface area contributed by atoms with E-state index in [0.29, 0.717) is 11.6 Å². The van der Waals surface area contributed by atoms with Crippen LogP contribution in [-0.2, 0) is 0 Å². The molecule has 0 fully saturated rings. The molecule has 1 atom stereocenters. The van der Waals surface area contributed by atoms with Gasteiger partial charge >= 0.3 is 0 Å². The van der Waals surface area contributed by atoms with Crippen LogP contribution in [0.3, 0.4) is 0 Å². The van der Waals surface area contributed by atoms with E-state index < -0.39 is 0 Å². The van der Waals surface area contributed by atoms with Crippen molar-refractivity contribution >= 4 is 11.6 Å². The van der Waals surface area contributed by atoms with Crippen molar-refractivity contribution in [3.8, 4) is 5.75 Å². The quantitative estimate of drug-likeness (QED) is 0.778. The average Bonchev–Trinajstić information content (AvgIpc) is 2.22. The molecular weight excluding hydrogens is 202 g/mol. The van der Waals surface area contributed by atoms with Crippen molar-refractivity contribution in [1.29, 1.82) is 0 Å². The molecule has 3 nitrogen and oxygen atoms in total. The van der Waals surface area contributed by atoms with Gasteiger partial charge < -0.3 is 15.2 Å². The minimum atomic E-state index is -0.0364. The fourth-order valence-electron chi connectivity index (χ4n) is 0.955. The molecule has 1 aromatic rings. The molecule has 1 aromatic carbocycles. The summed E-state index contributed by atoms with van der Waals surface area (Å²) >= 11 is 5.72. The number of hydrogen-bond donors (Lipinski definition) is 2. The van der Waals surface area contributed by atoms with Crippen LogP contribution in [0, 0.1) is 0 Å². The van der Waals surface area contributed by atoms with Gasteiger partial charge in [0.15, 0.2) is 0 Å². The molecule has 0 aromatic heterocycles. The molecule has 0 bridgehead atoms. The first-order chi connectivity index (χ1) is 6.76. The summed E-state index contributed by atoms with van der Waals surface area (Å²) < 4.78 is 5.42. The number of aliphatic hydroxyl groups excluding tert-OH is 1.